The lowest BCUT2D eigenvalue weighted by atomic mass is 9.71. The molecule has 0 atom stereocenters. The molecular formula is C32H34N4O2. The third-order valence-corrected chi connectivity index (χ3v) is 7.75. The van der Waals surface area contributed by atoms with Crippen molar-refractivity contribution in [1.82, 2.24) is 20.1 Å². The van der Waals surface area contributed by atoms with Gasteiger partial charge in [-0.25, -0.2) is 4.79 Å². The van der Waals surface area contributed by atoms with E-state index >= 15 is 0 Å². The molecule has 38 heavy (non-hydrogen) atoms. The minimum absolute atomic E-state index is 0.362. The number of nitrogens with one attached hydrogen (secondary N) is 1. The lowest BCUT2D eigenvalue weighted by Crippen LogP contribution is -2.52. The summed E-state index contributed by atoms with van der Waals surface area (Å²) < 4.78 is 7.53. The molecule has 0 aliphatic heterocycles. The lowest BCUT2D eigenvalue weighted by molar-refractivity contribution is 0.0377. The molecule has 2 aromatic carbocycles. The number of pyridine rings is 1. The highest BCUT2D eigenvalue weighted by Gasteiger charge is 2.41. The molecule has 0 radical (unpaired) electrons. The van der Waals surface area contributed by atoms with Crippen molar-refractivity contribution in [1.29, 1.82) is 0 Å². The highest BCUT2D eigenvalue weighted by atomic mass is 16.6. The molecule has 0 spiro atoms. The highest BCUT2D eigenvalue weighted by molar-refractivity contribution is 5.86. The Morgan fingerprint density at radius 2 is 1.71 bits per heavy atom. The van der Waals surface area contributed by atoms with Crippen molar-refractivity contribution in [3.05, 3.63) is 83.7 Å². The second-order valence-corrected chi connectivity index (χ2v) is 11.5. The Morgan fingerprint density at radius 1 is 0.974 bits per heavy atom. The molecular weight excluding hydrogens is 472 g/mol. The van der Waals surface area contributed by atoms with E-state index in [0.717, 1.165) is 71.4 Å². The van der Waals surface area contributed by atoms with Gasteiger partial charge in [0.1, 0.15) is 5.60 Å². The number of nitrogens with zero attached hydrogens (tertiary/aromatic N) is 3. The van der Waals surface area contributed by atoms with Crippen molar-refractivity contribution in [3.63, 3.8) is 0 Å². The van der Waals surface area contributed by atoms with Crippen LogP contribution in [0, 0.1) is 0 Å². The van der Waals surface area contributed by atoms with Crippen molar-refractivity contribution in [2.24, 2.45) is 7.05 Å². The van der Waals surface area contributed by atoms with Crippen molar-refractivity contribution < 1.29 is 9.53 Å². The van der Waals surface area contributed by atoms with Crippen LogP contribution in [0.25, 0.3) is 33.6 Å². The number of amides is 1. The molecule has 0 bridgehead atoms. The number of ether oxygens (including phenoxy) is 1. The maximum absolute atomic E-state index is 12.6. The normalized spacial score (nSPS) is 15.7. The fourth-order valence-corrected chi connectivity index (χ4v) is 5.73. The van der Waals surface area contributed by atoms with Crippen molar-refractivity contribution >= 4 is 6.09 Å². The van der Waals surface area contributed by atoms with E-state index in [1.165, 1.54) is 11.1 Å². The lowest BCUT2D eigenvalue weighted by Gasteiger charge is -2.43. The maximum Gasteiger partial charge on any atom is 0.408 e. The van der Waals surface area contributed by atoms with Gasteiger partial charge in [-0.3, -0.25) is 9.67 Å². The largest absolute Gasteiger partial charge is 0.444 e. The van der Waals surface area contributed by atoms with Crippen molar-refractivity contribution in [3.8, 4) is 33.6 Å². The van der Waals surface area contributed by atoms with E-state index in [1.54, 1.807) is 0 Å². The first-order valence-electron chi connectivity index (χ1n) is 13.5. The van der Waals surface area contributed by atoms with Gasteiger partial charge in [0.15, 0.2) is 0 Å². The molecule has 2 aromatic heterocycles. The number of hydrogen-bond donors (Lipinski definition) is 1. The number of rotatable bonds is 4. The number of fused-ring (bicyclic) bond motifs is 3. The summed E-state index contributed by atoms with van der Waals surface area (Å²) in [5.41, 5.74) is 9.23. The quantitative estimate of drug-likeness (QED) is 0.330. The number of benzene rings is 2. The van der Waals surface area contributed by atoms with Crippen LogP contribution in [-0.4, -0.2) is 26.5 Å². The van der Waals surface area contributed by atoms with Gasteiger partial charge in [-0.05, 0) is 75.6 Å². The number of carbonyl (C=O) groups is 1. The third kappa shape index (κ3) is 4.38. The molecule has 2 aliphatic carbocycles. The standard InChI is InChI=1S/C32H34N4O2/c1-31(2,3)38-30(37)35-32(17-8-18-32)24-14-11-22(12-15-24)28-25(21-9-6-5-7-10-21)19-26-27(34-28)16-13-23-20-33-36(4)29(23)26/h5-7,9-12,14-15,19-20H,8,13,16-18H2,1-4H3,(H,35,37). The van der Waals surface area contributed by atoms with Crippen molar-refractivity contribution in [2.75, 3.05) is 0 Å². The summed E-state index contributed by atoms with van der Waals surface area (Å²) in [6, 6.07) is 21.3. The van der Waals surface area contributed by atoms with Gasteiger partial charge in [-0.2, -0.15) is 5.10 Å². The highest BCUT2D eigenvalue weighted by Crippen LogP contribution is 2.43. The van der Waals surface area contributed by atoms with E-state index in [4.69, 9.17) is 9.72 Å². The number of aromatic nitrogens is 3. The number of alkyl carbamates (subject to hydrolysis) is 1. The molecule has 4 aromatic rings. The van der Waals surface area contributed by atoms with Crippen LogP contribution in [0.1, 0.15) is 56.9 Å². The SMILES string of the molecule is Cn1ncc2c1-c1cc(-c3ccccc3)c(-c3ccc(C4(NC(=O)OC(C)(C)C)CCC4)cc3)nc1CC2. The van der Waals surface area contributed by atoms with E-state index in [-0.39, 0.29) is 11.6 Å². The second-order valence-electron chi connectivity index (χ2n) is 11.5. The Labute approximate surface area is 224 Å². The molecule has 6 rings (SSSR count). The van der Waals surface area contributed by atoms with E-state index in [1.807, 2.05) is 44.8 Å². The number of aryl methyl sites for hydroxylation is 3. The molecule has 0 unspecified atom stereocenters. The first kappa shape index (κ1) is 24.4. The zero-order valence-electron chi connectivity index (χ0n) is 22.5. The first-order chi connectivity index (χ1) is 18.2. The van der Waals surface area contributed by atoms with Gasteiger partial charge >= 0.3 is 6.09 Å². The number of carbonyl (C=O) groups excluding carboxylic acids is 1. The minimum atomic E-state index is -0.527. The summed E-state index contributed by atoms with van der Waals surface area (Å²) in [7, 11) is 2.00. The van der Waals surface area contributed by atoms with E-state index in [9.17, 15) is 4.79 Å². The Bertz CT molecular complexity index is 1490. The summed E-state index contributed by atoms with van der Waals surface area (Å²) in [5, 5.41) is 7.68. The Hall–Kier alpha value is -3.93. The Morgan fingerprint density at radius 3 is 2.37 bits per heavy atom. The fourth-order valence-electron chi connectivity index (χ4n) is 5.73. The Balaban J connectivity index is 1.39. The van der Waals surface area contributed by atoms with Gasteiger partial charge in [-0.1, -0.05) is 54.6 Å². The first-order valence-corrected chi connectivity index (χ1v) is 13.5. The zero-order chi connectivity index (χ0) is 26.5. The van der Waals surface area contributed by atoms with Gasteiger partial charge in [0, 0.05) is 23.7 Å². The predicted octanol–water partition coefficient (Wildman–Crippen LogP) is 6.82. The average molecular weight is 507 g/mol. The van der Waals surface area contributed by atoms with Gasteiger partial charge < -0.3 is 10.1 Å². The predicted molar refractivity (Wildman–Crippen MR) is 150 cm³/mol. The molecule has 1 amide bonds. The van der Waals surface area contributed by atoms with Crippen LogP contribution in [0.15, 0.2) is 66.9 Å². The molecule has 2 aliphatic rings. The van der Waals surface area contributed by atoms with Gasteiger partial charge in [0.05, 0.1) is 28.8 Å². The van der Waals surface area contributed by atoms with E-state index in [0.29, 0.717) is 0 Å². The summed E-state index contributed by atoms with van der Waals surface area (Å²) in [6.07, 6.45) is 6.36. The Kier molecular flexibility index (Phi) is 5.86. The van der Waals surface area contributed by atoms with E-state index in [2.05, 4.69) is 65.0 Å². The molecule has 6 nitrogen and oxygen atoms in total. The van der Waals surface area contributed by atoms with Gasteiger partial charge in [0.25, 0.3) is 0 Å². The second kappa shape index (κ2) is 9.12. The average Bonchev–Trinajstić information content (AvgIpc) is 3.26. The van der Waals surface area contributed by atoms with Crippen LogP contribution in [0.5, 0.6) is 0 Å². The summed E-state index contributed by atoms with van der Waals surface area (Å²) in [4.78, 5) is 17.9. The minimum Gasteiger partial charge on any atom is -0.444 e. The molecule has 194 valence electrons. The molecule has 0 saturated heterocycles. The zero-order valence-corrected chi connectivity index (χ0v) is 22.5. The summed E-state index contributed by atoms with van der Waals surface area (Å²) in [5.74, 6) is 0. The maximum atomic E-state index is 12.6. The van der Waals surface area contributed by atoms with Crippen LogP contribution in [0.4, 0.5) is 4.79 Å². The summed E-state index contributed by atoms with van der Waals surface area (Å²) >= 11 is 0. The van der Waals surface area contributed by atoms with E-state index < -0.39 is 5.60 Å². The molecule has 1 saturated carbocycles. The molecule has 1 N–H and O–H groups in total. The molecule has 1 fully saturated rings. The topological polar surface area (TPSA) is 69.0 Å². The van der Waals surface area contributed by atoms with Crippen LogP contribution >= 0.6 is 0 Å². The fraction of sp³-hybridized carbons (Fsp3) is 0.344. The van der Waals surface area contributed by atoms with Gasteiger partial charge in [0.2, 0.25) is 0 Å². The van der Waals surface area contributed by atoms with Crippen LogP contribution in [0.3, 0.4) is 0 Å². The monoisotopic (exact) mass is 506 g/mol. The van der Waals surface area contributed by atoms with Gasteiger partial charge in [-0.15, -0.1) is 0 Å². The number of hydrogen-bond acceptors (Lipinski definition) is 4. The molecule has 6 heteroatoms. The van der Waals surface area contributed by atoms with Crippen LogP contribution in [-0.2, 0) is 30.2 Å². The smallest absolute Gasteiger partial charge is 0.408 e. The van der Waals surface area contributed by atoms with Crippen molar-refractivity contribution in [2.45, 2.75) is 64.0 Å². The van der Waals surface area contributed by atoms with Crippen LogP contribution < -0.4 is 5.32 Å². The third-order valence-electron chi connectivity index (χ3n) is 7.75. The van der Waals surface area contributed by atoms with Crippen LogP contribution in [0.2, 0.25) is 0 Å². The summed E-state index contributed by atoms with van der Waals surface area (Å²) in [6.45, 7) is 5.67. The molecule has 2 heterocycles.